The van der Waals surface area contributed by atoms with Crippen LogP contribution in [0.3, 0.4) is 0 Å². The molecule has 0 amide bonds. The van der Waals surface area contributed by atoms with E-state index in [1.54, 1.807) is 0 Å². The van der Waals surface area contributed by atoms with E-state index in [0.29, 0.717) is 4.47 Å². The molecular weight excluding hydrogens is 433 g/mol. The largest absolute Gasteiger partial charge is 0.506 e. The van der Waals surface area contributed by atoms with Crippen molar-refractivity contribution in [3.05, 3.63) is 99.8 Å². The fourth-order valence-corrected chi connectivity index (χ4v) is 4.73. The maximum absolute atomic E-state index is 14.5. The van der Waals surface area contributed by atoms with Crippen molar-refractivity contribution in [2.24, 2.45) is 0 Å². The lowest BCUT2D eigenvalue weighted by atomic mass is 9.79. The molecule has 150 valence electrons. The molecule has 1 fully saturated rings. The number of nitrogens with zero attached hydrogens (tertiary/aromatic N) is 1. The van der Waals surface area contributed by atoms with Gasteiger partial charge in [-0.25, -0.2) is 4.39 Å². The third-order valence-electron chi connectivity index (χ3n) is 5.81. The lowest BCUT2D eigenvalue weighted by Gasteiger charge is -2.40. The number of likely N-dealkylation sites (tertiary alicyclic amines) is 1. The SMILES string of the molecule is Oc1c(Br)ccc(F)c1CN1CCC[C@H]1C(O)(c1ccccc1)c1ccccc1. The van der Waals surface area contributed by atoms with Crippen LogP contribution in [0.1, 0.15) is 29.5 Å². The van der Waals surface area contributed by atoms with Crippen molar-refractivity contribution in [1.82, 2.24) is 4.90 Å². The van der Waals surface area contributed by atoms with E-state index in [2.05, 4.69) is 20.8 Å². The molecule has 0 unspecified atom stereocenters. The van der Waals surface area contributed by atoms with Gasteiger partial charge < -0.3 is 10.2 Å². The first kappa shape index (κ1) is 20.1. The third kappa shape index (κ3) is 3.70. The van der Waals surface area contributed by atoms with Gasteiger partial charge in [0.05, 0.1) is 4.47 Å². The molecule has 1 aliphatic rings. The van der Waals surface area contributed by atoms with Gasteiger partial charge in [0.15, 0.2) is 0 Å². The number of halogens is 2. The normalized spacial score (nSPS) is 17.6. The van der Waals surface area contributed by atoms with Crippen LogP contribution in [-0.4, -0.2) is 27.7 Å². The first-order chi connectivity index (χ1) is 14.0. The molecule has 2 N–H and O–H groups in total. The highest BCUT2D eigenvalue weighted by Gasteiger charge is 2.45. The summed E-state index contributed by atoms with van der Waals surface area (Å²) in [6, 6.07) is 21.9. The fraction of sp³-hybridized carbons (Fsp3) is 0.250. The second-order valence-corrected chi connectivity index (χ2v) is 8.34. The van der Waals surface area contributed by atoms with Gasteiger partial charge in [0.25, 0.3) is 0 Å². The number of hydrogen-bond donors (Lipinski definition) is 2. The zero-order valence-corrected chi connectivity index (χ0v) is 17.5. The Bertz CT molecular complexity index is 941. The maximum Gasteiger partial charge on any atom is 0.137 e. The van der Waals surface area contributed by atoms with Gasteiger partial charge in [-0.15, -0.1) is 0 Å². The lowest BCUT2D eigenvalue weighted by Crippen LogP contribution is -2.48. The van der Waals surface area contributed by atoms with E-state index in [9.17, 15) is 14.6 Å². The van der Waals surface area contributed by atoms with Crippen LogP contribution in [0, 0.1) is 5.82 Å². The summed E-state index contributed by atoms with van der Waals surface area (Å²) in [6.07, 6.45) is 1.67. The predicted molar refractivity (Wildman–Crippen MR) is 115 cm³/mol. The predicted octanol–water partition coefficient (Wildman–Crippen LogP) is 5.19. The molecule has 0 saturated carbocycles. The summed E-state index contributed by atoms with van der Waals surface area (Å²) in [5.74, 6) is -0.530. The number of benzene rings is 3. The van der Waals surface area contributed by atoms with Gasteiger partial charge in [0, 0.05) is 18.2 Å². The van der Waals surface area contributed by atoms with Gasteiger partial charge in [-0.2, -0.15) is 0 Å². The molecule has 0 spiro atoms. The van der Waals surface area contributed by atoms with E-state index < -0.39 is 11.4 Å². The van der Waals surface area contributed by atoms with Gasteiger partial charge in [-0.3, -0.25) is 4.90 Å². The van der Waals surface area contributed by atoms with Gasteiger partial charge in [-0.1, -0.05) is 60.7 Å². The standard InChI is InChI=1S/C24H23BrFNO2/c25-20-13-14-21(26)19(23(20)28)16-27-15-7-12-22(27)24(29,17-8-3-1-4-9-17)18-10-5-2-6-11-18/h1-6,8-11,13-14,22,28-29H,7,12,15-16H2/t22-/m0/s1. The topological polar surface area (TPSA) is 43.7 Å². The zero-order chi connectivity index (χ0) is 20.4. The van der Waals surface area contributed by atoms with Crippen molar-refractivity contribution in [2.75, 3.05) is 6.54 Å². The highest BCUT2D eigenvalue weighted by molar-refractivity contribution is 9.10. The molecule has 5 heteroatoms. The Hall–Kier alpha value is -2.21. The molecule has 3 nitrogen and oxygen atoms in total. The highest BCUT2D eigenvalue weighted by Crippen LogP contribution is 2.42. The third-order valence-corrected chi connectivity index (χ3v) is 6.45. The minimum atomic E-state index is -1.24. The summed E-state index contributed by atoms with van der Waals surface area (Å²) in [5.41, 5.74) is 0.621. The monoisotopic (exact) mass is 455 g/mol. The van der Waals surface area contributed by atoms with E-state index in [1.165, 1.54) is 12.1 Å². The van der Waals surface area contributed by atoms with Crippen LogP contribution in [0.15, 0.2) is 77.3 Å². The van der Waals surface area contributed by atoms with Crippen molar-refractivity contribution in [1.29, 1.82) is 0 Å². The van der Waals surface area contributed by atoms with Crippen molar-refractivity contribution in [2.45, 2.75) is 31.0 Å². The number of hydrogen-bond acceptors (Lipinski definition) is 3. The zero-order valence-electron chi connectivity index (χ0n) is 15.9. The molecule has 0 aliphatic carbocycles. The highest BCUT2D eigenvalue weighted by atomic mass is 79.9. The smallest absolute Gasteiger partial charge is 0.137 e. The summed E-state index contributed by atoms with van der Waals surface area (Å²) in [4.78, 5) is 2.07. The van der Waals surface area contributed by atoms with E-state index in [-0.39, 0.29) is 23.9 Å². The number of aliphatic hydroxyl groups is 1. The maximum atomic E-state index is 14.5. The molecule has 3 aromatic carbocycles. The second kappa shape index (κ2) is 8.27. The van der Waals surface area contributed by atoms with Gasteiger partial charge in [0.2, 0.25) is 0 Å². The molecule has 1 atom stereocenters. The molecule has 0 radical (unpaired) electrons. The Morgan fingerprint density at radius 2 is 1.55 bits per heavy atom. The lowest BCUT2D eigenvalue weighted by molar-refractivity contribution is -0.00704. The average molecular weight is 456 g/mol. The summed E-state index contributed by atoms with van der Waals surface area (Å²) in [5, 5.41) is 22.5. The molecule has 1 heterocycles. The quantitative estimate of drug-likeness (QED) is 0.555. The van der Waals surface area contributed by atoms with Crippen molar-refractivity contribution < 1.29 is 14.6 Å². The summed E-state index contributed by atoms with van der Waals surface area (Å²) in [6.45, 7) is 0.946. The summed E-state index contributed by atoms with van der Waals surface area (Å²) < 4.78 is 14.9. The second-order valence-electron chi connectivity index (χ2n) is 7.48. The Labute approximate surface area is 178 Å². The van der Waals surface area contributed by atoms with Crippen LogP contribution >= 0.6 is 15.9 Å². The van der Waals surface area contributed by atoms with Crippen LogP contribution in [0.4, 0.5) is 4.39 Å². The molecule has 29 heavy (non-hydrogen) atoms. The van der Waals surface area contributed by atoms with E-state index >= 15 is 0 Å². The van der Waals surface area contributed by atoms with Crippen molar-refractivity contribution >= 4 is 15.9 Å². The summed E-state index contributed by atoms with van der Waals surface area (Å²) in [7, 11) is 0. The molecular formula is C24H23BrFNO2. The minimum absolute atomic E-state index is 0.0846. The van der Waals surface area contributed by atoms with Crippen LogP contribution in [0.5, 0.6) is 5.75 Å². The Balaban J connectivity index is 1.76. The average Bonchev–Trinajstić information content (AvgIpc) is 3.23. The Morgan fingerprint density at radius 3 is 2.14 bits per heavy atom. The molecule has 1 saturated heterocycles. The fourth-order valence-electron chi connectivity index (χ4n) is 4.36. The molecule has 3 aromatic rings. The number of phenols is 1. The van der Waals surface area contributed by atoms with Crippen LogP contribution in [0.25, 0.3) is 0 Å². The van der Waals surface area contributed by atoms with E-state index in [4.69, 9.17) is 0 Å². The first-order valence-electron chi connectivity index (χ1n) is 9.75. The number of rotatable bonds is 5. The van der Waals surface area contributed by atoms with E-state index in [1.807, 2.05) is 60.7 Å². The summed E-state index contributed by atoms with van der Waals surface area (Å²) >= 11 is 3.27. The van der Waals surface area contributed by atoms with Gasteiger partial charge >= 0.3 is 0 Å². The van der Waals surface area contributed by atoms with Gasteiger partial charge in [-0.05, 0) is 58.6 Å². The number of phenolic OH excluding ortho intramolecular Hbond substituents is 1. The molecule has 1 aliphatic heterocycles. The Kier molecular flexibility index (Phi) is 5.72. The minimum Gasteiger partial charge on any atom is -0.506 e. The Morgan fingerprint density at radius 1 is 0.966 bits per heavy atom. The van der Waals surface area contributed by atoms with Crippen LogP contribution < -0.4 is 0 Å². The molecule has 4 rings (SSSR count). The first-order valence-corrected chi connectivity index (χ1v) is 10.5. The molecule has 0 aromatic heterocycles. The van der Waals surface area contributed by atoms with Crippen molar-refractivity contribution in [3.8, 4) is 5.75 Å². The van der Waals surface area contributed by atoms with Crippen molar-refractivity contribution in [3.63, 3.8) is 0 Å². The number of aromatic hydroxyl groups is 1. The van der Waals surface area contributed by atoms with Crippen LogP contribution in [0.2, 0.25) is 0 Å². The molecule has 0 bridgehead atoms. The van der Waals surface area contributed by atoms with Crippen LogP contribution in [-0.2, 0) is 12.1 Å². The van der Waals surface area contributed by atoms with E-state index in [0.717, 1.165) is 30.5 Å². The van der Waals surface area contributed by atoms with Gasteiger partial charge in [0.1, 0.15) is 17.2 Å².